The minimum atomic E-state index is -0.794. The lowest BCUT2D eigenvalue weighted by molar-refractivity contribution is 0.0675. The molecule has 3 heterocycles. The highest BCUT2D eigenvalue weighted by molar-refractivity contribution is 7.13. The molecule has 7 heteroatoms. The number of hydrogen-bond acceptors (Lipinski definition) is 4. The molecule has 2 aromatic rings. The van der Waals surface area contributed by atoms with Gasteiger partial charge < -0.3 is 4.90 Å². The minimum absolute atomic E-state index is 0.0470. The number of nitrogens with zero attached hydrogens (tertiary/aromatic N) is 3. The zero-order valence-electron chi connectivity index (χ0n) is 16.3. The predicted octanol–water partition coefficient (Wildman–Crippen LogP) is 4.17. The zero-order valence-corrected chi connectivity index (χ0v) is 17.1. The van der Waals surface area contributed by atoms with Crippen molar-refractivity contribution >= 4 is 17.2 Å². The normalized spacial score (nSPS) is 22.9. The van der Waals surface area contributed by atoms with Gasteiger partial charge in [-0.2, -0.15) is 0 Å². The molecule has 0 aliphatic carbocycles. The van der Waals surface area contributed by atoms with Gasteiger partial charge in [-0.15, -0.1) is 11.3 Å². The molecule has 4 nitrogen and oxygen atoms in total. The second-order valence-corrected chi connectivity index (χ2v) is 9.35. The molecule has 150 valence electrons. The molecule has 0 saturated carbocycles. The Hall–Kier alpha value is -1.86. The number of likely N-dealkylation sites (tertiary alicyclic amines) is 2. The smallest absolute Gasteiger partial charge is 0.265 e. The van der Waals surface area contributed by atoms with Crippen molar-refractivity contribution < 1.29 is 13.6 Å². The van der Waals surface area contributed by atoms with Crippen LogP contribution in [-0.4, -0.2) is 46.9 Å². The number of hydrogen-bond donors (Lipinski definition) is 0. The number of aromatic nitrogens is 1. The molecular weight excluding hydrogens is 380 g/mol. The highest BCUT2D eigenvalue weighted by Crippen LogP contribution is 2.40. The van der Waals surface area contributed by atoms with Crippen LogP contribution in [0.4, 0.5) is 8.78 Å². The molecule has 2 saturated heterocycles. The van der Waals surface area contributed by atoms with Gasteiger partial charge in [-0.25, -0.2) is 13.8 Å². The van der Waals surface area contributed by atoms with Crippen LogP contribution in [-0.2, 0) is 6.54 Å². The lowest BCUT2D eigenvalue weighted by atomic mass is 9.79. The maximum Gasteiger partial charge on any atom is 0.265 e. The maximum absolute atomic E-state index is 14.1. The predicted molar refractivity (Wildman–Crippen MR) is 105 cm³/mol. The largest absolute Gasteiger partial charge is 0.337 e. The molecule has 2 fully saturated rings. The second kappa shape index (κ2) is 7.52. The number of aryl methyl sites for hydroxylation is 2. The molecule has 1 spiro atoms. The van der Waals surface area contributed by atoms with Crippen molar-refractivity contribution in [2.45, 2.75) is 39.7 Å². The summed E-state index contributed by atoms with van der Waals surface area (Å²) in [6, 6.07) is 4.36. The van der Waals surface area contributed by atoms with E-state index in [2.05, 4.69) is 9.88 Å². The number of rotatable bonds is 3. The highest BCUT2D eigenvalue weighted by Gasteiger charge is 2.43. The van der Waals surface area contributed by atoms with Crippen molar-refractivity contribution in [2.75, 3.05) is 26.2 Å². The van der Waals surface area contributed by atoms with Crippen molar-refractivity contribution in [1.29, 1.82) is 0 Å². The number of piperidine rings is 1. The fourth-order valence-electron chi connectivity index (χ4n) is 4.67. The summed E-state index contributed by atoms with van der Waals surface area (Å²) in [7, 11) is 0. The Balaban J connectivity index is 1.45. The van der Waals surface area contributed by atoms with Crippen LogP contribution in [0.3, 0.4) is 0 Å². The van der Waals surface area contributed by atoms with Crippen molar-refractivity contribution in [2.24, 2.45) is 5.41 Å². The number of halogens is 2. The zero-order chi connectivity index (χ0) is 19.9. The average molecular weight is 406 g/mol. The molecule has 0 N–H and O–H groups in total. The maximum atomic E-state index is 14.1. The average Bonchev–Trinajstić information content (AvgIpc) is 3.21. The van der Waals surface area contributed by atoms with Gasteiger partial charge in [0.05, 0.1) is 10.7 Å². The first-order chi connectivity index (χ1) is 13.4. The van der Waals surface area contributed by atoms with Gasteiger partial charge in [0.25, 0.3) is 5.91 Å². The van der Waals surface area contributed by atoms with Crippen molar-refractivity contribution in [1.82, 2.24) is 14.8 Å². The molecule has 1 aromatic carbocycles. The number of carbonyl (C=O) groups is 1. The third-order valence-corrected chi connectivity index (χ3v) is 7.05. The topological polar surface area (TPSA) is 36.4 Å². The molecule has 0 bridgehead atoms. The molecular formula is C21H25F2N3OS. The van der Waals surface area contributed by atoms with Gasteiger partial charge in [0.15, 0.2) is 11.6 Å². The van der Waals surface area contributed by atoms with E-state index >= 15 is 0 Å². The van der Waals surface area contributed by atoms with Crippen molar-refractivity contribution in [3.05, 3.63) is 51.0 Å². The SMILES string of the molecule is Cc1nc(C)c(C(=O)N2CC[C@]3(CCCN(Cc4cccc(F)c4F)C3)C2)s1. The lowest BCUT2D eigenvalue weighted by Crippen LogP contribution is -2.45. The Bertz CT molecular complexity index is 900. The van der Waals surface area contributed by atoms with Gasteiger partial charge in [-0.3, -0.25) is 9.69 Å². The first-order valence-corrected chi connectivity index (χ1v) is 10.6. The van der Waals surface area contributed by atoms with Gasteiger partial charge in [0, 0.05) is 37.2 Å². The summed E-state index contributed by atoms with van der Waals surface area (Å²) in [5.41, 5.74) is 1.25. The van der Waals surface area contributed by atoms with Crippen molar-refractivity contribution in [3.63, 3.8) is 0 Å². The van der Waals surface area contributed by atoms with Crippen LogP contribution >= 0.6 is 11.3 Å². The van der Waals surface area contributed by atoms with Crippen LogP contribution in [0.25, 0.3) is 0 Å². The van der Waals surface area contributed by atoms with Gasteiger partial charge >= 0.3 is 0 Å². The summed E-state index contributed by atoms with van der Waals surface area (Å²) in [5, 5.41) is 0.913. The summed E-state index contributed by atoms with van der Waals surface area (Å²) in [6.45, 7) is 7.38. The third kappa shape index (κ3) is 3.70. The Morgan fingerprint density at radius 1 is 1.21 bits per heavy atom. The summed E-state index contributed by atoms with van der Waals surface area (Å²) in [5.74, 6) is -1.47. The van der Waals surface area contributed by atoms with Crippen molar-refractivity contribution in [3.8, 4) is 0 Å². The van der Waals surface area contributed by atoms with E-state index in [-0.39, 0.29) is 11.3 Å². The van der Waals surface area contributed by atoms with Crippen LogP contribution < -0.4 is 0 Å². The highest BCUT2D eigenvalue weighted by atomic mass is 32.1. The number of benzene rings is 1. The van der Waals surface area contributed by atoms with E-state index in [1.165, 1.54) is 11.3 Å². The first-order valence-electron chi connectivity index (χ1n) is 9.75. The molecule has 2 aliphatic rings. The van der Waals surface area contributed by atoms with E-state index in [0.717, 1.165) is 67.1 Å². The van der Waals surface area contributed by atoms with Gasteiger partial charge in [0.1, 0.15) is 4.88 Å². The van der Waals surface area contributed by atoms with E-state index < -0.39 is 11.6 Å². The van der Waals surface area contributed by atoms with Gasteiger partial charge in [-0.05, 0) is 45.7 Å². The molecule has 0 unspecified atom stereocenters. The summed E-state index contributed by atoms with van der Waals surface area (Å²) < 4.78 is 27.6. The van der Waals surface area contributed by atoms with E-state index in [0.29, 0.717) is 12.1 Å². The Labute approximate surface area is 168 Å². The Kier molecular flexibility index (Phi) is 5.22. The number of carbonyl (C=O) groups excluding carboxylic acids is 1. The van der Waals surface area contributed by atoms with Gasteiger partial charge in [0.2, 0.25) is 0 Å². The number of thiazole rings is 1. The van der Waals surface area contributed by atoms with Crippen LogP contribution in [0.15, 0.2) is 18.2 Å². The Morgan fingerprint density at radius 2 is 2.04 bits per heavy atom. The standard InChI is InChI=1S/C21H25F2N3OS/c1-14-19(28-15(2)24-14)20(27)26-10-8-21(13-26)7-4-9-25(12-21)11-16-5-3-6-17(22)18(16)23/h3,5-6H,4,7-13H2,1-2H3/t21-/m0/s1. The second-order valence-electron chi connectivity index (χ2n) is 8.15. The molecule has 28 heavy (non-hydrogen) atoms. The van der Waals surface area contributed by atoms with Crippen LogP contribution in [0.5, 0.6) is 0 Å². The first kappa shape index (κ1) is 19.5. The molecule has 1 amide bonds. The van der Waals surface area contributed by atoms with E-state index in [1.54, 1.807) is 12.1 Å². The molecule has 2 aliphatic heterocycles. The molecule has 1 aromatic heterocycles. The third-order valence-electron chi connectivity index (χ3n) is 5.99. The number of amides is 1. The van der Waals surface area contributed by atoms with Crippen LogP contribution in [0.2, 0.25) is 0 Å². The molecule has 1 atom stereocenters. The van der Waals surface area contributed by atoms with Crippen LogP contribution in [0, 0.1) is 30.9 Å². The summed E-state index contributed by atoms with van der Waals surface area (Å²) in [6.07, 6.45) is 3.04. The fraction of sp³-hybridized carbons (Fsp3) is 0.524. The molecule has 0 radical (unpaired) electrons. The summed E-state index contributed by atoms with van der Waals surface area (Å²) >= 11 is 1.46. The van der Waals surface area contributed by atoms with E-state index in [9.17, 15) is 13.6 Å². The van der Waals surface area contributed by atoms with E-state index in [4.69, 9.17) is 0 Å². The van der Waals surface area contributed by atoms with Gasteiger partial charge in [-0.1, -0.05) is 12.1 Å². The fourth-order valence-corrected chi connectivity index (χ4v) is 5.56. The monoisotopic (exact) mass is 405 g/mol. The van der Waals surface area contributed by atoms with E-state index in [1.807, 2.05) is 18.7 Å². The molecule has 4 rings (SSSR count). The lowest BCUT2D eigenvalue weighted by Gasteiger charge is -2.40. The van der Waals surface area contributed by atoms with Crippen LogP contribution in [0.1, 0.15) is 45.2 Å². The quantitative estimate of drug-likeness (QED) is 0.769. The minimum Gasteiger partial charge on any atom is -0.337 e. The Morgan fingerprint density at radius 3 is 2.79 bits per heavy atom. The summed E-state index contributed by atoms with van der Waals surface area (Å²) in [4.78, 5) is 22.2.